The zero-order chi connectivity index (χ0) is 14.6. The van der Waals surface area contributed by atoms with Crippen LogP contribution in [0.1, 0.15) is 24.2 Å². The van der Waals surface area contributed by atoms with Gasteiger partial charge in [-0.25, -0.2) is 9.79 Å². The van der Waals surface area contributed by atoms with Crippen molar-refractivity contribution in [3.05, 3.63) is 23.8 Å². The average molecular weight is 301 g/mol. The van der Waals surface area contributed by atoms with Gasteiger partial charge in [0.05, 0.1) is 16.9 Å². The predicted molar refractivity (Wildman–Crippen MR) is 79.6 cm³/mol. The van der Waals surface area contributed by atoms with Crippen molar-refractivity contribution in [1.29, 1.82) is 0 Å². The molecule has 0 heterocycles. The molecule has 0 aliphatic rings. The summed E-state index contributed by atoms with van der Waals surface area (Å²) in [6, 6.07) is 4.10. The second-order valence-electron chi connectivity index (χ2n) is 4.22. The molecule has 0 aliphatic heterocycles. The van der Waals surface area contributed by atoms with Crippen LogP contribution in [-0.2, 0) is 4.79 Å². The van der Waals surface area contributed by atoms with Crippen molar-refractivity contribution in [2.45, 2.75) is 13.8 Å². The van der Waals surface area contributed by atoms with Crippen LogP contribution in [0.4, 0.5) is 11.4 Å². The molecule has 1 rings (SSSR count). The van der Waals surface area contributed by atoms with Crippen LogP contribution in [0.5, 0.6) is 0 Å². The number of amides is 1. The van der Waals surface area contributed by atoms with Crippen molar-refractivity contribution in [1.82, 2.24) is 0 Å². The fraction of sp³-hybridized carbons (Fsp3) is 0.250. The summed E-state index contributed by atoms with van der Waals surface area (Å²) in [6.45, 7) is 3.47. The largest absolute Gasteiger partial charge is 0.478 e. The van der Waals surface area contributed by atoms with E-state index in [0.29, 0.717) is 5.69 Å². The number of hydrogen-bond donors (Lipinski definition) is 4. The summed E-state index contributed by atoms with van der Waals surface area (Å²) in [6.07, 6.45) is 0. The molecule has 1 aromatic rings. The highest BCUT2D eigenvalue weighted by atomic mass is 35.5. The molecular weight excluding hydrogens is 284 g/mol. The maximum atomic E-state index is 11.6. The minimum absolute atomic E-state index is 0. The van der Waals surface area contributed by atoms with Gasteiger partial charge in [-0.1, -0.05) is 13.8 Å². The Balaban J connectivity index is 0.00000361. The van der Waals surface area contributed by atoms with Gasteiger partial charge >= 0.3 is 5.97 Å². The van der Waals surface area contributed by atoms with Crippen molar-refractivity contribution in [2.24, 2.45) is 22.4 Å². The highest BCUT2D eigenvalue weighted by molar-refractivity contribution is 5.98. The summed E-state index contributed by atoms with van der Waals surface area (Å²) in [5, 5.41) is 11.5. The number of carboxylic acids is 1. The van der Waals surface area contributed by atoms with E-state index >= 15 is 0 Å². The number of halogens is 1. The standard InChI is InChI=1S/C12H16N4O3.ClH/c1-6(2)10(17)15-8-4-3-7(11(18)19)5-9(8)16-12(13)14;/h3-6H,1-2H3,(H,15,17)(H,18,19)(H4,13,14,16);1H. The van der Waals surface area contributed by atoms with Crippen LogP contribution >= 0.6 is 12.4 Å². The number of carbonyl (C=O) groups excluding carboxylic acids is 1. The molecule has 0 fully saturated rings. The molecule has 0 saturated carbocycles. The topological polar surface area (TPSA) is 131 Å². The first kappa shape index (κ1) is 17.7. The Kier molecular flexibility index (Phi) is 6.51. The van der Waals surface area contributed by atoms with Crippen molar-refractivity contribution >= 4 is 41.6 Å². The third kappa shape index (κ3) is 4.77. The van der Waals surface area contributed by atoms with Gasteiger partial charge in [-0.3, -0.25) is 4.79 Å². The maximum absolute atomic E-state index is 11.6. The van der Waals surface area contributed by atoms with Crippen LogP contribution in [0.2, 0.25) is 0 Å². The number of nitrogens with zero attached hydrogens (tertiary/aromatic N) is 1. The number of aromatic carboxylic acids is 1. The van der Waals surface area contributed by atoms with E-state index in [0.717, 1.165) is 0 Å². The summed E-state index contributed by atoms with van der Waals surface area (Å²) in [5.74, 6) is -1.75. The number of aliphatic imine (C=N–C) groups is 1. The molecule has 0 unspecified atom stereocenters. The van der Waals surface area contributed by atoms with Gasteiger partial charge in [-0.2, -0.15) is 0 Å². The lowest BCUT2D eigenvalue weighted by atomic mass is 10.1. The highest BCUT2D eigenvalue weighted by Crippen LogP contribution is 2.26. The van der Waals surface area contributed by atoms with Gasteiger partial charge in [0.25, 0.3) is 0 Å². The number of hydrogen-bond acceptors (Lipinski definition) is 3. The molecule has 20 heavy (non-hydrogen) atoms. The molecule has 8 heteroatoms. The Bertz CT molecular complexity index is 540. The van der Waals surface area contributed by atoms with Crippen LogP contribution in [0.25, 0.3) is 0 Å². The molecule has 0 radical (unpaired) electrons. The molecule has 1 amide bonds. The van der Waals surface area contributed by atoms with E-state index in [1.165, 1.54) is 18.2 Å². The lowest BCUT2D eigenvalue weighted by Gasteiger charge is -2.11. The van der Waals surface area contributed by atoms with E-state index < -0.39 is 5.97 Å². The van der Waals surface area contributed by atoms with Crippen LogP contribution < -0.4 is 16.8 Å². The molecule has 7 nitrogen and oxygen atoms in total. The first-order valence-corrected chi connectivity index (χ1v) is 5.59. The maximum Gasteiger partial charge on any atom is 0.335 e. The van der Waals surface area contributed by atoms with E-state index in [-0.39, 0.29) is 41.4 Å². The molecular formula is C12H17ClN4O3. The van der Waals surface area contributed by atoms with Crippen LogP contribution in [-0.4, -0.2) is 22.9 Å². The van der Waals surface area contributed by atoms with Gasteiger partial charge in [0.2, 0.25) is 5.91 Å². The van der Waals surface area contributed by atoms with Crippen molar-refractivity contribution in [3.8, 4) is 0 Å². The van der Waals surface area contributed by atoms with Gasteiger partial charge in [-0.15, -0.1) is 12.4 Å². The molecule has 0 aliphatic carbocycles. The number of rotatable bonds is 4. The first-order chi connectivity index (χ1) is 8.81. The fourth-order valence-electron chi connectivity index (χ4n) is 1.28. The Hall–Kier alpha value is -2.28. The van der Waals surface area contributed by atoms with Gasteiger partial charge < -0.3 is 21.9 Å². The monoisotopic (exact) mass is 300 g/mol. The summed E-state index contributed by atoms with van der Waals surface area (Å²) in [4.78, 5) is 26.3. The number of anilines is 1. The zero-order valence-corrected chi connectivity index (χ0v) is 11.9. The van der Waals surface area contributed by atoms with E-state index in [2.05, 4.69) is 10.3 Å². The second-order valence-corrected chi connectivity index (χ2v) is 4.22. The fourth-order valence-corrected chi connectivity index (χ4v) is 1.28. The van der Waals surface area contributed by atoms with Crippen LogP contribution in [0.3, 0.4) is 0 Å². The number of nitrogens with one attached hydrogen (secondary N) is 1. The number of guanidine groups is 1. The molecule has 0 spiro atoms. The van der Waals surface area contributed by atoms with Crippen LogP contribution in [0.15, 0.2) is 23.2 Å². The molecule has 0 atom stereocenters. The zero-order valence-electron chi connectivity index (χ0n) is 11.1. The summed E-state index contributed by atoms with van der Waals surface area (Å²) < 4.78 is 0. The quantitative estimate of drug-likeness (QED) is 0.492. The van der Waals surface area contributed by atoms with E-state index in [9.17, 15) is 9.59 Å². The molecule has 110 valence electrons. The summed E-state index contributed by atoms with van der Waals surface area (Å²) in [7, 11) is 0. The Morgan fingerprint density at radius 3 is 2.35 bits per heavy atom. The molecule has 0 bridgehead atoms. The number of benzene rings is 1. The van der Waals surface area contributed by atoms with Crippen molar-refractivity contribution in [3.63, 3.8) is 0 Å². The molecule has 6 N–H and O–H groups in total. The highest BCUT2D eigenvalue weighted by Gasteiger charge is 2.12. The summed E-state index contributed by atoms with van der Waals surface area (Å²) >= 11 is 0. The number of carboxylic acid groups (broad SMARTS) is 1. The minimum atomic E-state index is -1.10. The minimum Gasteiger partial charge on any atom is -0.478 e. The lowest BCUT2D eigenvalue weighted by Crippen LogP contribution is -2.22. The SMILES string of the molecule is CC(C)C(=O)Nc1ccc(C(=O)O)cc1N=C(N)N.Cl. The van der Waals surface area contributed by atoms with Gasteiger partial charge in [0.15, 0.2) is 5.96 Å². The van der Waals surface area contributed by atoms with Gasteiger partial charge in [0, 0.05) is 5.92 Å². The lowest BCUT2D eigenvalue weighted by molar-refractivity contribution is -0.118. The summed E-state index contributed by atoms with van der Waals surface area (Å²) in [5.41, 5.74) is 11.1. The smallest absolute Gasteiger partial charge is 0.335 e. The number of carbonyl (C=O) groups is 2. The third-order valence-electron chi connectivity index (χ3n) is 2.28. The van der Waals surface area contributed by atoms with Gasteiger partial charge in [0.1, 0.15) is 0 Å². The van der Waals surface area contributed by atoms with Gasteiger partial charge in [-0.05, 0) is 18.2 Å². The molecule has 0 aromatic heterocycles. The van der Waals surface area contributed by atoms with Crippen molar-refractivity contribution < 1.29 is 14.7 Å². The van der Waals surface area contributed by atoms with Crippen molar-refractivity contribution in [2.75, 3.05) is 5.32 Å². The molecule has 0 saturated heterocycles. The van der Waals surface area contributed by atoms with Crippen LogP contribution in [0, 0.1) is 5.92 Å². The second kappa shape index (κ2) is 7.34. The Morgan fingerprint density at radius 1 is 1.30 bits per heavy atom. The third-order valence-corrected chi connectivity index (χ3v) is 2.28. The first-order valence-electron chi connectivity index (χ1n) is 5.59. The average Bonchev–Trinajstić information content (AvgIpc) is 2.30. The Labute approximate surface area is 122 Å². The predicted octanol–water partition coefficient (Wildman–Crippen LogP) is 1.31. The Morgan fingerprint density at radius 2 is 1.90 bits per heavy atom. The van der Waals surface area contributed by atoms with E-state index in [4.69, 9.17) is 16.6 Å². The normalized spacial score (nSPS) is 9.55. The van der Waals surface area contributed by atoms with E-state index in [1.807, 2.05) is 0 Å². The van der Waals surface area contributed by atoms with E-state index in [1.54, 1.807) is 13.8 Å². The molecule has 1 aromatic carbocycles. The number of nitrogens with two attached hydrogens (primary N) is 2.